The van der Waals surface area contributed by atoms with Gasteiger partial charge in [-0.1, -0.05) is 39.7 Å². The van der Waals surface area contributed by atoms with Gasteiger partial charge in [-0.25, -0.2) is 0 Å². The Kier molecular flexibility index (Phi) is 6.44. The number of allylic oxidation sites excluding steroid dienone is 1. The Morgan fingerprint density at radius 1 is 1.11 bits per heavy atom. The van der Waals surface area contributed by atoms with Gasteiger partial charge in [-0.2, -0.15) is 5.10 Å². The van der Waals surface area contributed by atoms with E-state index in [-0.39, 0.29) is 18.7 Å². The van der Waals surface area contributed by atoms with Crippen molar-refractivity contribution in [3.05, 3.63) is 81.4 Å². The van der Waals surface area contributed by atoms with Crippen LogP contribution in [0.15, 0.2) is 65.3 Å². The van der Waals surface area contributed by atoms with Crippen molar-refractivity contribution in [2.75, 3.05) is 0 Å². The number of carbonyl (C=O) groups is 2. The fourth-order valence-corrected chi connectivity index (χ4v) is 2.98. The fourth-order valence-electron chi connectivity index (χ4n) is 2.59. The van der Waals surface area contributed by atoms with Crippen molar-refractivity contribution < 1.29 is 14.7 Å². The maximum atomic E-state index is 12.4. The zero-order valence-corrected chi connectivity index (χ0v) is 17.0. The van der Waals surface area contributed by atoms with E-state index in [4.69, 9.17) is 16.7 Å². The van der Waals surface area contributed by atoms with Crippen LogP contribution < -0.4 is 0 Å². The molecule has 0 aliphatic heterocycles. The lowest BCUT2D eigenvalue weighted by molar-refractivity contribution is -0.137. The number of carboxylic acids is 1. The number of carbonyl (C=O) groups excluding carboxylic acids is 1. The van der Waals surface area contributed by atoms with Crippen molar-refractivity contribution in [2.24, 2.45) is 0 Å². The highest BCUT2D eigenvalue weighted by molar-refractivity contribution is 9.10. The highest BCUT2D eigenvalue weighted by Crippen LogP contribution is 2.25. The first kappa shape index (κ1) is 20.0. The number of halogens is 2. The minimum atomic E-state index is -0.893. The minimum absolute atomic E-state index is 0.0334. The summed E-state index contributed by atoms with van der Waals surface area (Å²) in [6.07, 6.45) is 4.88. The van der Waals surface area contributed by atoms with E-state index in [1.807, 2.05) is 24.3 Å². The standard InChI is InChI=1S/C21H16BrClN2O3/c22-17-6-1-15(2-7-17)21-16(13-25(24-21)12-11-20(27)28)5-10-19(26)14-3-8-18(23)9-4-14/h1-10,13H,11-12H2,(H,27,28)/b10-5+. The van der Waals surface area contributed by atoms with Crippen LogP contribution in [0, 0.1) is 0 Å². The Morgan fingerprint density at radius 2 is 1.79 bits per heavy atom. The van der Waals surface area contributed by atoms with Crippen molar-refractivity contribution in [3.8, 4) is 11.3 Å². The maximum absolute atomic E-state index is 12.4. The second kappa shape index (κ2) is 8.99. The van der Waals surface area contributed by atoms with Crippen LogP contribution in [0.4, 0.5) is 0 Å². The van der Waals surface area contributed by atoms with Crippen LogP contribution in [-0.4, -0.2) is 26.6 Å². The van der Waals surface area contributed by atoms with Gasteiger partial charge in [0.25, 0.3) is 0 Å². The van der Waals surface area contributed by atoms with Crippen LogP contribution in [0.25, 0.3) is 17.3 Å². The summed E-state index contributed by atoms with van der Waals surface area (Å²) in [5.41, 5.74) is 2.81. The summed E-state index contributed by atoms with van der Waals surface area (Å²) in [5, 5.41) is 14.0. The number of carboxylic acid groups (broad SMARTS) is 1. The molecule has 0 bridgehead atoms. The number of aliphatic carboxylic acids is 1. The molecule has 0 saturated carbocycles. The van der Waals surface area contributed by atoms with E-state index in [1.54, 1.807) is 41.2 Å². The molecule has 0 aliphatic rings. The van der Waals surface area contributed by atoms with E-state index >= 15 is 0 Å². The summed E-state index contributed by atoms with van der Waals surface area (Å²) in [4.78, 5) is 23.3. The summed E-state index contributed by atoms with van der Waals surface area (Å²) in [5.74, 6) is -1.05. The summed E-state index contributed by atoms with van der Waals surface area (Å²) in [7, 11) is 0. The topological polar surface area (TPSA) is 72.2 Å². The van der Waals surface area contributed by atoms with E-state index in [9.17, 15) is 9.59 Å². The molecule has 1 N–H and O–H groups in total. The number of hydrogen-bond acceptors (Lipinski definition) is 3. The Balaban J connectivity index is 1.90. The van der Waals surface area contributed by atoms with Gasteiger partial charge in [0.05, 0.1) is 18.7 Å². The van der Waals surface area contributed by atoms with Crippen molar-refractivity contribution >= 4 is 45.4 Å². The maximum Gasteiger partial charge on any atom is 0.305 e. The number of ketones is 1. The average Bonchev–Trinajstić information content (AvgIpc) is 3.09. The number of aromatic nitrogens is 2. The van der Waals surface area contributed by atoms with Crippen LogP contribution in [0.3, 0.4) is 0 Å². The third kappa shape index (κ3) is 5.18. The predicted octanol–water partition coefficient (Wildman–Crippen LogP) is 5.34. The first-order valence-corrected chi connectivity index (χ1v) is 9.62. The average molecular weight is 460 g/mol. The van der Waals surface area contributed by atoms with Crippen molar-refractivity contribution in [2.45, 2.75) is 13.0 Å². The number of hydrogen-bond donors (Lipinski definition) is 1. The van der Waals surface area contributed by atoms with Crippen LogP contribution in [0.2, 0.25) is 5.02 Å². The molecule has 3 rings (SSSR count). The largest absolute Gasteiger partial charge is 0.481 e. The normalized spacial score (nSPS) is 11.1. The molecule has 0 fully saturated rings. The lowest BCUT2D eigenvalue weighted by Gasteiger charge is -2.00. The molecular weight excluding hydrogens is 444 g/mol. The number of aryl methyl sites for hydroxylation is 1. The number of rotatable bonds is 7. The van der Waals surface area contributed by atoms with Gasteiger partial charge in [-0.15, -0.1) is 0 Å². The van der Waals surface area contributed by atoms with Crippen molar-refractivity contribution in [3.63, 3.8) is 0 Å². The molecule has 0 amide bonds. The highest BCUT2D eigenvalue weighted by Gasteiger charge is 2.11. The molecule has 142 valence electrons. The first-order chi connectivity index (χ1) is 13.4. The third-order valence-corrected chi connectivity index (χ3v) is 4.79. The lowest BCUT2D eigenvalue weighted by Crippen LogP contribution is -2.04. The molecule has 0 saturated heterocycles. The van der Waals surface area contributed by atoms with Gasteiger partial charge in [-0.05, 0) is 48.6 Å². The number of nitrogens with zero attached hydrogens (tertiary/aromatic N) is 2. The monoisotopic (exact) mass is 458 g/mol. The van der Waals surface area contributed by atoms with Gasteiger partial charge in [0.15, 0.2) is 5.78 Å². The Morgan fingerprint density at radius 3 is 2.43 bits per heavy atom. The van der Waals surface area contributed by atoms with Gasteiger partial charge in [0.2, 0.25) is 0 Å². The van der Waals surface area contributed by atoms with Crippen LogP contribution >= 0.6 is 27.5 Å². The van der Waals surface area contributed by atoms with Crippen LogP contribution in [0.1, 0.15) is 22.3 Å². The molecule has 5 nitrogen and oxygen atoms in total. The Hall–Kier alpha value is -2.70. The molecule has 0 aliphatic carbocycles. The van der Waals surface area contributed by atoms with E-state index in [2.05, 4.69) is 21.0 Å². The van der Waals surface area contributed by atoms with E-state index in [0.29, 0.717) is 16.3 Å². The molecular formula is C21H16BrClN2O3. The molecule has 3 aromatic rings. The second-order valence-corrected chi connectivity index (χ2v) is 7.40. The van der Waals surface area contributed by atoms with Crippen molar-refractivity contribution in [1.82, 2.24) is 9.78 Å². The zero-order valence-electron chi connectivity index (χ0n) is 14.7. The fraction of sp³-hybridized carbons (Fsp3) is 0.0952. The number of benzene rings is 2. The van der Waals surface area contributed by atoms with Gasteiger partial charge in [-0.3, -0.25) is 14.3 Å². The predicted molar refractivity (Wildman–Crippen MR) is 112 cm³/mol. The van der Waals surface area contributed by atoms with Crippen LogP contribution in [0.5, 0.6) is 0 Å². The summed E-state index contributed by atoms with van der Waals surface area (Å²) in [6, 6.07) is 14.3. The van der Waals surface area contributed by atoms with E-state index in [1.165, 1.54) is 6.08 Å². The molecule has 7 heteroatoms. The molecule has 0 unspecified atom stereocenters. The smallest absolute Gasteiger partial charge is 0.305 e. The van der Waals surface area contributed by atoms with Gasteiger partial charge >= 0.3 is 5.97 Å². The minimum Gasteiger partial charge on any atom is -0.481 e. The molecule has 0 spiro atoms. The van der Waals surface area contributed by atoms with E-state index < -0.39 is 5.97 Å². The van der Waals surface area contributed by atoms with Gasteiger partial charge < -0.3 is 5.11 Å². The SMILES string of the molecule is O=C(O)CCn1cc(/C=C/C(=O)c2ccc(Cl)cc2)c(-c2ccc(Br)cc2)n1. The quantitative estimate of drug-likeness (QED) is 0.382. The van der Waals surface area contributed by atoms with Crippen molar-refractivity contribution in [1.29, 1.82) is 0 Å². The molecule has 28 heavy (non-hydrogen) atoms. The summed E-state index contributed by atoms with van der Waals surface area (Å²) < 4.78 is 2.52. The molecule has 1 aromatic heterocycles. The molecule has 0 radical (unpaired) electrons. The third-order valence-electron chi connectivity index (χ3n) is 4.01. The van der Waals surface area contributed by atoms with Gasteiger partial charge in [0, 0.05) is 32.4 Å². The Bertz CT molecular complexity index is 1020. The van der Waals surface area contributed by atoms with E-state index in [0.717, 1.165) is 15.6 Å². The summed E-state index contributed by atoms with van der Waals surface area (Å²) >= 11 is 9.26. The molecule has 0 atom stereocenters. The summed E-state index contributed by atoms with van der Waals surface area (Å²) in [6.45, 7) is 0.248. The first-order valence-electron chi connectivity index (χ1n) is 8.45. The molecule has 1 heterocycles. The highest BCUT2D eigenvalue weighted by atomic mass is 79.9. The molecule has 2 aromatic carbocycles. The van der Waals surface area contributed by atoms with Gasteiger partial charge in [0.1, 0.15) is 0 Å². The zero-order chi connectivity index (χ0) is 20.1. The Labute approximate surface area is 175 Å². The lowest BCUT2D eigenvalue weighted by atomic mass is 10.1. The second-order valence-electron chi connectivity index (χ2n) is 6.05. The van der Waals surface area contributed by atoms with Crippen LogP contribution in [-0.2, 0) is 11.3 Å².